The molecule has 0 bridgehead atoms. The van der Waals surface area contributed by atoms with Gasteiger partial charge in [0.25, 0.3) is 0 Å². The van der Waals surface area contributed by atoms with Crippen LogP contribution in [-0.2, 0) is 4.74 Å². The molecule has 0 radical (unpaired) electrons. The average molecular weight is 234 g/mol. The SMILES string of the molecule is Cc1ccc(C(CN)N2CCOCC2)c(C)c1. The van der Waals surface area contributed by atoms with Gasteiger partial charge in [-0.1, -0.05) is 23.8 Å². The number of hydrogen-bond acceptors (Lipinski definition) is 3. The minimum atomic E-state index is 0.333. The summed E-state index contributed by atoms with van der Waals surface area (Å²) >= 11 is 0. The quantitative estimate of drug-likeness (QED) is 0.864. The van der Waals surface area contributed by atoms with Crippen molar-refractivity contribution >= 4 is 0 Å². The Morgan fingerprint density at radius 1 is 1.29 bits per heavy atom. The van der Waals surface area contributed by atoms with Crippen molar-refractivity contribution in [3.63, 3.8) is 0 Å². The molecule has 0 spiro atoms. The number of benzene rings is 1. The maximum atomic E-state index is 5.96. The van der Waals surface area contributed by atoms with Crippen molar-refractivity contribution in [3.05, 3.63) is 34.9 Å². The number of aryl methyl sites for hydroxylation is 2. The molecule has 0 saturated carbocycles. The molecule has 1 unspecified atom stereocenters. The van der Waals surface area contributed by atoms with Crippen molar-refractivity contribution in [2.45, 2.75) is 19.9 Å². The molecule has 1 atom stereocenters. The lowest BCUT2D eigenvalue weighted by molar-refractivity contribution is 0.0177. The number of rotatable bonds is 3. The summed E-state index contributed by atoms with van der Waals surface area (Å²) in [5, 5.41) is 0. The predicted octanol–water partition coefficient (Wildman–Crippen LogP) is 1.64. The van der Waals surface area contributed by atoms with E-state index in [9.17, 15) is 0 Å². The zero-order valence-corrected chi connectivity index (χ0v) is 10.8. The van der Waals surface area contributed by atoms with Crippen LogP contribution in [0.2, 0.25) is 0 Å². The van der Waals surface area contributed by atoms with Gasteiger partial charge in [0.2, 0.25) is 0 Å². The highest BCUT2D eigenvalue weighted by atomic mass is 16.5. The Morgan fingerprint density at radius 3 is 2.59 bits per heavy atom. The zero-order chi connectivity index (χ0) is 12.3. The molecule has 0 aromatic heterocycles. The topological polar surface area (TPSA) is 38.5 Å². The van der Waals surface area contributed by atoms with E-state index in [0.29, 0.717) is 12.6 Å². The summed E-state index contributed by atoms with van der Waals surface area (Å²) in [6, 6.07) is 6.96. The molecule has 0 aliphatic carbocycles. The van der Waals surface area contributed by atoms with Gasteiger partial charge in [0.15, 0.2) is 0 Å². The number of nitrogens with two attached hydrogens (primary N) is 1. The summed E-state index contributed by atoms with van der Waals surface area (Å²) in [5.74, 6) is 0. The molecule has 3 heteroatoms. The molecule has 1 aromatic carbocycles. The summed E-state index contributed by atoms with van der Waals surface area (Å²) in [7, 11) is 0. The summed E-state index contributed by atoms with van der Waals surface area (Å²) in [5.41, 5.74) is 9.97. The minimum Gasteiger partial charge on any atom is -0.379 e. The molecule has 2 N–H and O–H groups in total. The van der Waals surface area contributed by atoms with Crippen molar-refractivity contribution in [1.29, 1.82) is 0 Å². The van der Waals surface area contributed by atoms with E-state index >= 15 is 0 Å². The average Bonchev–Trinajstić information content (AvgIpc) is 2.34. The van der Waals surface area contributed by atoms with Gasteiger partial charge in [0, 0.05) is 25.7 Å². The van der Waals surface area contributed by atoms with Crippen LogP contribution in [0.25, 0.3) is 0 Å². The molecule has 1 aromatic rings. The van der Waals surface area contributed by atoms with Crippen molar-refractivity contribution < 1.29 is 4.74 Å². The molecular weight excluding hydrogens is 212 g/mol. The molecule has 2 rings (SSSR count). The highest BCUT2D eigenvalue weighted by molar-refractivity contribution is 5.33. The maximum absolute atomic E-state index is 5.96. The highest BCUT2D eigenvalue weighted by Crippen LogP contribution is 2.24. The third-order valence-electron chi connectivity index (χ3n) is 3.49. The molecular formula is C14H22N2O. The van der Waals surface area contributed by atoms with Crippen molar-refractivity contribution in [3.8, 4) is 0 Å². The van der Waals surface area contributed by atoms with Gasteiger partial charge in [0.1, 0.15) is 0 Å². The third kappa shape index (κ3) is 2.86. The van der Waals surface area contributed by atoms with Gasteiger partial charge >= 0.3 is 0 Å². The largest absolute Gasteiger partial charge is 0.379 e. The Balaban J connectivity index is 2.21. The summed E-state index contributed by atoms with van der Waals surface area (Å²) in [6.07, 6.45) is 0. The molecule has 94 valence electrons. The van der Waals surface area contributed by atoms with Gasteiger partial charge in [-0.25, -0.2) is 0 Å². The van der Waals surface area contributed by atoms with Gasteiger partial charge in [-0.05, 0) is 25.0 Å². The van der Waals surface area contributed by atoms with Crippen molar-refractivity contribution in [2.24, 2.45) is 5.73 Å². The Bertz CT molecular complexity index is 372. The number of hydrogen-bond donors (Lipinski definition) is 1. The van der Waals surface area contributed by atoms with Crippen LogP contribution in [-0.4, -0.2) is 37.7 Å². The fraction of sp³-hybridized carbons (Fsp3) is 0.571. The van der Waals surface area contributed by atoms with Crippen LogP contribution in [0.5, 0.6) is 0 Å². The fourth-order valence-electron chi connectivity index (χ4n) is 2.56. The maximum Gasteiger partial charge on any atom is 0.0594 e. The Labute approximate surface area is 104 Å². The lowest BCUT2D eigenvalue weighted by Crippen LogP contribution is -2.42. The second-order valence-corrected chi connectivity index (χ2v) is 4.76. The van der Waals surface area contributed by atoms with Gasteiger partial charge < -0.3 is 10.5 Å². The van der Waals surface area contributed by atoms with Crippen LogP contribution < -0.4 is 5.73 Å². The second kappa shape index (κ2) is 5.63. The van der Waals surface area contributed by atoms with E-state index in [4.69, 9.17) is 10.5 Å². The van der Waals surface area contributed by atoms with Crippen LogP contribution in [0.3, 0.4) is 0 Å². The van der Waals surface area contributed by atoms with E-state index in [2.05, 4.69) is 36.9 Å². The lowest BCUT2D eigenvalue weighted by Gasteiger charge is -2.34. The summed E-state index contributed by atoms with van der Waals surface area (Å²) in [4.78, 5) is 2.43. The zero-order valence-electron chi connectivity index (χ0n) is 10.8. The Morgan fingerprint density at radius 2 is 2.00 bits per heavy atom. The van der Waals surface area contributed by atoms with Gasteiger partial charge in [-0.3, -0.25) is 4.90 Å². The molecule has 1 saturated heterocycles. The Hall–Kier alpha value is -0.900. The summed E-state index contributed by atoms with van der Waals surface area (Å²) < 4.78 is 5.40. The highest BCUT2D eigenvalue weighted by Gasteiger charge is 2.22. The monoisotopic (exact) mass is 234 g/mol. The van der Waals surface area contributed by atoms with Crippen LogP contribution >= 0.6 is 0 Å². The lowest BCUT2D eigenvalue weighted by atomic mass is 9.98. The first-order valence-electron chi connectivity index (χ1n) is 6.31. The fourth-order valence-corrected chi connectivity index (χ4v) is 2.56. The molecule has 1 aliphatic rings. The molecule has 1 aliphatic heterocycles. The van der Waals surface area contributed by atoms with E-state index in [1.54, 1.807) is 0 Å². The first kappa shape index (κ1) is 12.6. The first-order valence-corrected chi connectivity index (χ1v) is 6.31. The van der Waals surface area contributed by atoms with E-state index in [1.807, 2.05) is 0 Å². The van der Waals surface area contributed by atoms with Crippen LogP contribution in [0.15, 0.2) is 18.2 Å². The van der Waals surface area contributed by atoms with Crippen molar-refractivity contribution in [2.75, 3.05) is 32.8 Å². The first-order chi connectivity index (χ1) is 8.22. The number of morpholine rings is 1. The third-order valence-corrected chi connectivity index (χ3v) is 3.49. The minimum absolute atomic E-state index is 0.333. The molecule has 3 nitrogen and oxygen atoms in total. The predicted molar refractivity (Wildman–Crippen MR) is 70.1 cm³/mol. The van der Waals surface area contributed by atoms with Crippen molar-refractivity contribution in [1.82, 2.24) is 4.90 Å². The Kier molecular flexibility index (Phi) is 4.15. The van der Waals surface area contributed by atoms with Crippen LogP contribution in [0.1, 0.15) is 22.7 Å². The molecule has 17 heavy (non-hydrogen) atoms. The van der Waals surface area contributed by atoms with E-state index in [1.165, 1.54) is 16.7 Å². The van der Waals surface area contributed by atoms with E-state index in [0.717, 1.165) is 26.3 Å². The molecule has 1 fully saturated rings. The number of nitrogens with zero attached hydrogens (tertiary/aromatic N) is 1. The van der Waals surface area contributed by atoms with E-state index in [-0.39, 0.29) is 0 Å². The normalized spacial score (nSPS) is 19.2. The van der Waals surface area contributed by atoms with Crippen LogP contribution in [0.4, 0.5) is 0 Å². The second-order valence-electron chi connectivity index (χ2n) is 4.76. The van der Waals surface area contributed by atoms with Crippen LogP contribution in [0, 0.1) is 13.8 Å². The van der Waals surface area contributed by atoms with Gasteiger partial charge in [-0.15, -0.1) is 0 Å². The standard InChI is InChI=1S/C14H22N2O/c1-11-3-4-13(12(2)9-11)14(10-15)16-5-7-17-8-6-16/h3-4,9,14H,5-8,10,15H2,1-2H3. The molecule has 0 amide bonds. The van der Waals surface area contributed by atoms with E-state index < -0.39 is 0 Å². The van der Waals surface area contributed by atoms with Gasteiger partial charge in [-0.2, -0.15) is 0 Å². The summed E-state index contributed by atoms with van der Waals surface area (Å²) in [6.45, 7) is 8.57. The van der Waals surface area contributed by atoms with Gasteiger partial charge in [0.05, 0.1) is 13.2 Å². The number of ether oxygens (including phenoxy) is 1. The molecule has 1 heterocycles. The smallest absolute Gasteiger partial charge is 0.0594 e.